The zero-order valence-electron chi connectivity index (χ0n) is 5.93. The van der Waals surface area contributed by atoms with Crippen LogP contribution in [-0.2, 0) is 0 Å². The molecule has 1 rings (SSSR count). The summed E-state index contributed by atoms with van der Waals surface area (Å²) in [6.07, 6.45) is 1.41. The van der Waals surface area contributed by atoms with Gasteiger partial charge in [-0.1, -0.05) is 0 Å². The van der Waals surface area contributed by atoms with E-state index in [2.05, 4.69) is 25.9 Å². The maximum absolute atomic E-state index is 10.6. The van der Waals surface area contributed by atoms with E-state index in [0.29, 0.717) is 17.0 Å². The molecule has 0 fully saturated rings. The van der Waals surface area contributed by atoms with Crippen LogP contribution in [0.4, 0.5) is 0 Å². The molecule has 0 saturated carbocycles. The molecular formula is C6H7BrN2O2. The van der Waals surface area contributed by atoms with E-state index >= 15 is 0 Å². The predicted octanol–water partition coefficient (Wildman–Crippen LogP) is 0.931. The molecule has 11 heavy (non-hydrogen) atoms. The van der Waals surface area contributed by atoms with Crippen molar-refractivity contribution in [3.05, 3.63) is 21.2 Å². The van der Waals surface area contributed by atoms with Crippen molar-refractivity contribution in [1.29, 1.82) is 0 Å². The molecule has 1 heterocycles. The molecule has 1 aromatic heterocycles. The van der Waals surface area contributed by atoms with Crippen molar-refractivity contribution >= 4 is 15.9 Å². The van der Waals surface area contributed by atoms with Crippen LogP contribution in [-0.4, -0.2) is 16.6 Å². The van der Waals surface area contributed by atoms with Gasteiger partial charge in [-0.15, -0.1) is 0 Å². The van der Waals surface area contributed by atoms with Crippen molar-refractivity contribution in [3.8, 4) is 5.88 Å². The first-order valence-electron chi connectivity index (χ1n) is 3.11. The van der Waals surface area contributed by atoms with E-state index in [9.17, 15) is 4.79 Å². The molecule has 0 bridgehead atoms. The average Bonchev–Trinajstić information content (AvgIpc) is 1.98. The van der Waals surface area contributed by atoms with Crippen molar-refractivity contribution in [2.75, 3.05) is 6.61 Å². The lowest BCUT2D eigenvalue weighted by Crippen LogP contribution is -2.11. The normalized spacial score (nSPS) is 9.64. The number of aromatic amines is 1. The third-order valence-electron chi connectivity index (χ3n) is 1.02. The van der Waals surface area contributed by atoms with E-state index < -0.39 is 5.69 Å². The van der Waals surface area contributed by atoms with E-state index in [-0.39, 0.29) is 0 Å². The van der Waals surface area contributed by atoms with Gasteiger partial charge in [0.25, 0.3) is 0 Å². The van der Waals surface area contributed by atoms with Crippen LogP contribution in [0.1, 0.15) is 6.92 Å². The minimum absolute atomic E-state index is 0.406. The van der Waals surface area contributed by atoms with E-state index in [1.165, 1.54) is 6.20 Å². The van der Waals surface area contributed by atoms with Gasteiger partial charge >= 0.3 is 5.69 Å². The summed E-state index contributed by atoms with van der Waals surface area (Å²) in [5.74, 6) is 0.424. The molecule has 0 spiro atoms. The van der Waals surface area contributed by atoms with Gasteiger partial charge in [0.05, 0.1) is 17.3 Å². The summed E-state index contributed by atoms with van der Waals surface area (Å²) in [7, 11) is 0. The Morgan fingerprint density at radius 3 is 3.18 bits per heavy atom. The summed E-state index contributed by atoms with van der Waals surface area (Å²) in [6, 6.07) is 0. The highest BCUT2D eigenvalue weighted by atomic mass is 79.9. The van der Waals surface area contributed by atoms with Crippen LogP contribution in [0.15, 0.2) is 15.5 Å². The van der Waals surface area contributed by atoms with E-state index in [1.54, 1.807) is 0 Å². The molecule has 60 valence electrons. The second kappa shape index (κ2) is 3.52. The lowest BCUT2D eigenvalue weighted by Gasteiger charge is -2.02. The largest absolute Gasteiger partial charge is 0.478 e. The summed E-state index contributed by atoms with van der Waals surface area (Å²) in [5, 5.41) is 0. The van der Waals surface area contributed by atoms with E-state index in [4.69, 9.17) is 4.74 Å². The third-order valence-corrected chi connectivity index (χ3v) is 1.59. The molecule has 0 aliphatic carbocycles. The van der Waals surface area contributed by atoms with Crippen molar-refractivity contribution in [3.63, 3.8) is 0 Å². The first-order valence-corrected chi connectivity index (χ1v) is 3.91. The number of hydrogen-bond acceptors (Lipinski definition) is 3. The number of aromatic nitrogens is 2. The van der Waals surface area contributed by atoms with Gasteiger partial charge in [-0.3, -0.25) is 4.98 Å². The van der Waals surface area contributed by atoms with Crippen LogP contribution >= 0.6 is 15.9 Å². The van der Waals surface area contributed by atoms with Crippen LogP contribution in [0, 0.1) is 0 Å². The van der Waals surface area contributed by atoms with E-state index in [1.807, 2.05) is 6.92 Å². The second-order valence-corrected chi connectivity index (χ2v) is 2.65. The van der Waals surface area contributed by atoms with Crippen LogP contribution in [0.25, 0.3) is 0 Å². The molecule has 0 aliphatic heterocycles. The fraction of sp³-hybridized carbons (Fsp3) is 0.333. The minimum atomic E-state index is -0.406. The monoisotopic (exact) mass is 218 g/mol. The van der Waals surface area contributed by atoms with Crippen LogP contribution in [0.5, 0.6) is 5.88 Å². The van der Waals surface area contributed by atoms with Crippen LogP contribution in [0.2, 0.25) is 0 Å². The molecule has 0 aliphatic rings. The van der Waals surface area contributed by atoms with Crippen LogP contribution < -0.4 is 10.4 Å². The molecule has 4 nitrogen and oxygen atoms in total. The van der Waals surface area contributed by atoms with Crippen molar-refractivity contribution in [1.82, 2.24) is 9.97 Å². The fourth-order valence-corrected chi connectivity index (χ4v) is 0.928. The summed E-state index contributed by atoms with van der Waals surface area (Å²) in [5.41, 5.74) is -0.406. The average molecular weight is 219 g/mol. The summed E-state index contributed by atoms with van der Waals surface area (Å²) in [4.78, 5) is 16.6. The highest BCUT2D eigenvalue weighted by Gasteiger charge is 1.99. The standard InChI is InChI=1S/C6H7BrN2O2/c1-2-11-5-4(7)3-8-6(10)9-5/h3H,2H2,1H3,(H,8,9,10). The minimum Gasteiger partial charge on any atom is -0.478 e. The second-order valence-electron chi connectivity index (χ2n) is 1.80. The molecule has 1 N–H and O–H groups in total. The number of hydrogen-bond donors (Lipinski definition) is 1. The van der Waals surface area contributed by atoms with Gasteiger partial charge in [0.15, 0.2) is 0 Å². The van der Waals surface area contributed by atoms with Crippen molar-refractivity contribution in [2.24, 2.45) is 0 Å². The molecule has 0 amide bonds. The van der Waals surface area contributed by atoms with Gasteiger partial charge in [0, 0.05) is 0 Å². The number of halogens is 1. The van der Waals surface area contributed by atoms with Crippen LogP contribution in [0.3, 0.4) is 0 Å². The topological polar surface area (TPSA) is 55.0 Å². The number of nitrogens with one attached hydrogen (secondary N) is 1. The number of rotatable bonds is 2. The summed E-state index contributed by atoms with van der Waals surface area (Å²) < 4.78 is 5.73. The number of H-pyrrole nitrogens is 1. The lowest BCUT2D eigenvalue weighted by molar-refractivity contribution is 0.322. The van der Waals surface area contributed by atoms with Gasteiger partial charge < -0.3 is 4.74 Å². The molecule has 0 radical (unpaired) electrons. The molecule has 0 unspecified atom stereocenters. The molecule has 0 saturated heterocycles. The SMILES string of the molecule is CCOc1[nH]c(=O)ncc1Br. The van der Waals surface area contributed by atoms with Crippen molar-refractivity contribution in [2.45, 2.75) is 6.92 Å². The molecule has 5 heteroatoms. The third kappa shape index (κ3) is 2.04. The molecule has 1 aromatic rings. The predicted molar refractivity (Wildman–Crippen MR) is 43.7 cm³/mol. The summed E-state index contributed by atoms with van der Waals surface area (Å²) >= 11 is 3.17. The zero-order chi connectivity index (χ0) is 8.27. The van der Waals surface area contributed by atoms with Gasteiger partial charge in [0.2, 0.25) is 5.88 Å². The lowest BCUT2D eigenvalue weighted by atomic mass is 10.6. The number of ether oxygens (including phenoxy) is 1. The maximum Gasteiger partial charge on any atom is 0.347 e. The first-order chi connectivity index (χ1) is 5.24. The van der Waals surface area contributed by atoms with E-state index in [0.717, 1.165) is 0 Å². The number of nitrogens with zero attached hydrogens (tertiary/aromatic N) is 1. The Morgan fingerprint density at radius 1 is 1.82 bits per heavy atom. The molecular weight excluding hydrogens is 212 g/mol. The molecule has 0 atom stereocenters. The van der Waals surface area contributed by atoms with Gasteiger partial charge in [-0.2, -0.15) is 0 Å². The Labute approximate surface area is 71.7 Å². The van der Waals surface area contributed by atoms with Crippen molar-refractivity contribution < 1.29 is 4.74 Å². The zero-order valence-corrected chi connectivity index (χ0v) is 7.51. The van der Waals surface area contributed by atoms with Gasteiger partial charge in [-0.25, -0.2) is 9.78 Å². The quantitative estimate of drug-likeness (QED) is 0.804. The van der Waals surface area contributed by atoms with Gasteiger partial charge in [0.1, 0.15) is 0 Å². The van der Waals surface area contributed by atoms with Gasteiger partial charge in [-0.05, 0) is 22.9 Å². The highest BCUT2D eigenvalue weighted by Crippen LogP contribution is 2.17. The highest BCUT2D eigenvalue weighted by molar-refractivity contribution is 9.10. The molecule has 0 aromatic carbocycles. The Bertz CT molecular complexity index is 297. The summed E-state index contributed by atoms with van der Waals surface area (Å²) in [6.45, 7) is 2.35. The Balaban J connectivity index is 3.02. The first kappa shape index (κ1) is 8.26. The maximum atomic E-state index is 10.6. The fourth-order valence-electron chi connectivity index (χ4n) is 0.612. The smallest absolute Gasteiger partial charge is 0.347 e. The Hall–Kier alpha value is -0.840. The Morgan fingerprint density at radius 2 is 2.55 bits per heavy atom. The Kier molecular flexibility index (Phi) is 2.64.